The number of carbonyl (C=O) groups is 2. The average molecular weight is 339 g/mol. The van der Waals surface area contributed by atoms with Crippen molar-refractivity contribution < 1.29 is 19.4 Å². The van der Waals surface area contributed by atoms with Crippen LogP contribution in [0.2, 0.25) is 0 Å². The Labute approximate surface area is 147 Å². The summed E-state index contributed by atoms with van der Waals surface area (Å²) in [6.45, 7) is 7.79. The van der Waals surface area contributed by atoms with Gasteiger partial charge in [-0.25, -0.2) is 4.79 Å². The SMILES string of the molecule is C=CCc1c(C)c2c(c(C#N)c1CC=C(C)CCC(=O)O)C(=O)OC2. The molecule has 0 bridgehead atoms. The van der Waals surface area contributed by atoms with Crippen LogP contribution in [0.1, 0.15) is 57.9 Å². The first-order valence-electron chi connectivity index (χ1n) is 8.13. The van der Waals surface area contributed by atoms with Crippen LogP contribution in [0, 0.1) is 18.3 Å². The van der Waals surface area contributed by atoms with Crippen molar-refractivity contribution in [2.24, 2.45) is 0 Å². The first kappa shape index (κ1) is 18.5. The summed E-state index contributed by atoms with van der Waals surface area (Å²) in [6.07, 6.45) is 5.30. The number of aliphatic carboxylic acids is 1. The summed E-state index contributed by atoms with van der Waals surface area (Å²) in [5.74, 6) is -1.29. The summed E-state index contributed by atoms with van der Waals surface area (Å²) in [7, 11) is 0. The highest BCUT2D eigenvalue weighted by molar-refractivity contribution is 5.97. The Morgan fingerprint density at radius 2 is 2.08 bits per heavy atom. The van der Waals surface area contributed by atoms with Gasteiger partial charge in [0.05, 0.1) is 11.1 Å². The fraction of sp³-hybridized carbons (Fsp3) is 0.350. The number of allylic oxidation sites excluding steroid dienone is 3. The molecule has 25 heavy (non-hydrogen) atoms. The molecule has 0 fully saturated rings. The highest BCUT2D eigenvalue weighted by atomic mass is 16.5. The molecule has 0 aromatic heterocycles. The Bertz CT molecular complexity index is 812. The maximum absolute atomic E-state index is 12.1. The number of carbonyl (C=O) groups excluding carboxylic acids is 1. The van der Waals surface area contributed by atoms with E-state index in [1.54, 1.807) is 6.08 Å². The van der Waals surface area contributed by atoms with Crippen LogP contribution in [0.15, 0.2) is 24.3 Å². The Hall–Kier alpha value is -2.87. The molecule has 0 saturated heterocycles. The minimum Gasteiger partial charge on any atom is -0.481 e. The van der Waals surface area contributed by atoms with E-state index in [0.717, 1.165) is 27.8 Å². The van der Waals surface area contributed by atoms with Gasteiger partial charge in [0.25, 0.3) is 0 Å². The van der Waals surface area contributed by atoms with Crippen molar-refractivity contribution >= 4 is 11.9 Å². The Balaban J connectivity index is 2.50. The molecule has 1 aliphatic heterocycles. The minimum absolute atomic E-state index is 0.0719. The van der Waals surface area contributed by atoms with Crippen LogP contribution in [-0.2, 0) is 29.0 Å². The number of fused-ring (bicyclic) bond motifs is 1. The van der Waals surface area contributed by atoms with E-state index in [0.29, 0.717) is 30.4 Å². The molecule has 0 amide bonds. The Kier molecular flexibility index (Phi) is 5.76. The van der Waals surface area contributed by atoms with Crippen LogP contribution in [0.4, 0.5) is 0 Å². The molecule has 1 aromatic rings. The molecule has 1 N–H and O–H groups in total. The van der Waals surface area contributed by atoms with Crippen molar-refractivity contribution in [2.75, 3.05) is 0 Å². The van der Waals surface area contributed by atoms with Gasteiger partial charge in [-0.3, -0.25) is 4.79 Å². The molecule has 0 spiro atoms. The minimum atomic E-state index is -0.839. The Morgan fingerprint density at radius 3 is 2.68 bits per heavy atom. The van der Waals surface area contributed by atoms with Crippen molar-refractivity contribution in [3.63, 3.8) is 0 Å². The predicted molar refractivity (Wildman–Crippen MR) is 93.2 cm³/mol. The molecule has 0 radical (unpaired) electrons. The van der Waals surface area contributed by atoms with Crippen LogP contribution < -0.4 is 0 Å². The van der Waals surface area contributed by atoms with E-state index in [-0.39, 0.29) is 13.0 Å². The number of hydrogen-bond donors (Lipinski definition) is 1. The summed E-state index contributed by atoms with van der Waals surface area (Å²) in [4.78, 5) is 22.8. The van der Waals surface area contributed by atoms with Gasteiger partial charge in [-0.2, -0.15) is 5.26 Å². The van der Waals surface area contributed by atoms with E-state index in [9.17, 15) is 14.9 Å². The number of carboxylic acids is 1. The second kappa shape index (κ2) is 7.80. The number of ether oxygens (including phenoxy) is 1. The van der Waals surface area contributed by atoms with E-state index < -0.39 is 11.9 Å². The molecule has 1 aliphatic rings. The summed E-state index contributed by atoms with van der Waals surface area (Å²) in [5.41, 5.74) is 5.22. The number of nitriles is 1. The van der Waals surface area contributed by atoms with Crippen LogP contribution in [-0.4, -0.2) is 17.0 Å². The normalized spacial score (nSPS) is 13.2. The maximum Gasteiger partial charge on any atom is 0.340 e. The standard InChI is InChI=1S/C20H21NO4/c1-4-5-14-13(3)17-11-25-20(24)19(17)16(10-21)15(14)8-6-12(2)7-9-18(22)23/h4,6H,1,5,7-9,11H2,2-3H3,(H,22,23). The first-order chi connectivity index (χ1) is 11.9. The number of rotatable bonds is 7. The lowest BCUT2D eigenvalue weighted by atomic mass is 9.85. The van der Waals surface area contributed by atoms with Gasteiger partial charge in [0.15, 0.2) is 0 Å². The van der Waals surface area contributed by atoms with Gasteiger partial charge < -0.3 is 9.84 Å². The third-order valence-corrected chi connectivity index (χ3v) is 4.52. The van der Waals surface area contributed by atoms with Crippen molar-refractivity contribution in [1.82, 2.24) is 0 Å². The van der Waals surface area contributed by atoms with Gasteiger partial charge in [-0.1, -0.05) is 17.7 Å². The summed E-state index contributed by atoms with van der Waals surface area (Å²) in [6, 6.07) is 2.17. The molecule has 1 heterocycles. The second-order valence-corrected chi connectivity index (χ2v) is 6.14. The molecule has 0 atom stereocenters. The lowest BCUT2D eigenvalue weighted by Crippen LogP contribution is -2.08. The van der Waals surface area contributed by atoms with Gasteiger partial charge >= 0.3 is 11.9 Å². The number of carboxylic acid groups (broad SMARTS) is 1. The molecular weight excluding hydrogens is 318 g/mol. The lowest BCUT2D eigenvalue weighted by molar-refractivity contribution is -0.136. The zero-order valence-corrected chi connectivity index (χ0v) is 14.5. The van der Waals surface area contributed by atoms with Crippen LogP contribution in [0.25, 0.3) is 0 Å². The second-order valence-electron chi connectivity index (χ2n) is 6.14. The van der Waals surface area contributed by atoms with Crippen LogP contribution >= 0.6 is 0 Å². The molecule has 0 saturated carbocycles. The Morgan fingerprint density at radius 1 is 1.36 bits per heavy atom. The van der Waals surface area contributed by atoms with E-state index >= 15 is 0 Å². The number of nitrogens with zero attached hydrogens (tertiary/aromatic N) is 1. The predicted octanol–water partition coefficient (Wildman–Crippen LogP) is 3.62. The zero-order chi connectivity index (χ0) is 18.6. The van der Waals surface area contributed by atoms with E-state index in [1.165, 1.54) is 0 Å². The third-order valence-electron chi connectivity index (χ3n) is 4.52. The number of benzene rings is 1. The van der Waals surface area contributed by atoms with Crippen molar-refractivity contribution in [3.8, 4) is 6.07 Å². The molecule has 2 rings (SSSR count). The van der Waals surface area contributed by atoms with Crippen LogP contribution in [0.3, 0.4) is 0 Å². The van der Waals surface area contributed by atoms with Gasteiger partial charge in [-0.05, 0) is 49.8 Å². The fourth-order valence-electron chi connectivity index (χ4n) is 3.12. The van der Waals surface area contributed by atoms with E-state index in [1.807, 2.05) is 19.9 Å². The highest BCUT2D eigenvalue weighted by Gasteiger charge is 2.30. The first-order valence-corrected chi connectivity index (χ1v) is 8.13. The fourth-order valence-corrected chi connectivity index (χ4v) is 3.12. The number of esters is 1. The van der Waals surface area contributed by atoms with Crippen molar-refractivity contribution in [2.45, 2.75) is 46.1 Å². The van der Waals surface area contributed by atoms with E-state index in [4.69, 9.17) is 9.84 Å². The molecule has 0 unspecified atom stereocenters. The summed E-state index contributed by atoms with van der Waals surface area (Å²) in [5, 5.41) is 18.4. The van der Waals surface area contributed by atoms with Gasteiger partial charge in [0.2, 0.25) is 0 Å². The smallest absolute Gasteiger partial charge is 0.340 e. The summed E-state index contributed by atoms with van der Waals surface area (Å²) < 4.78 is 5.13. The quantitative estimate of drug-likeness (QED) is 0.605. The molecule has 5 heteroatoms. The lowest BCUT2D eigenvalue weighted by Gasteiger charge is -2.16. The topological polar surface area (TPSA) is 87.4 Å². The van der Waals surface area contributed by atoms with E-state index in [2.05, 4.69) is 12.6 Å². The number of cyclic esters (lactones) is 1. The molecular formula is C20H21NO4. The zero-order valence-electron chi connectivity index (χ0n) is 14.5. The molecule has 130 valence electrons. The number of hydrogen-bond acceptors (Lipinski definition) is 4. The average Bonchev–Trinajstić information content (AvgIpc) is 2.96. The molecule has 0 aliphatic carbocycles. The molecule has 1 aromatic carbocycles. The summed E-state index contributed by atoms with van der Waals surface area (Å²) >= 11 is 0. The highest BCUT2D eigenvalue weighted by Crippen LogP contribution is 2.34. The molecule has 5 nitrogen and oxygen atoms in total. The maximum atomic E-state index is 12.1. The van der Waals surface area contributed by atoms with Gasteiger partial charge in [0, 0.05) is 12.0 Å². The van der Waals surface area contributed by atoms with Crippen molar-refractivity contribution in [3.05, 3.63) is 57.7 Å². The monoisotopic (exact) mass is 339 g/mol. The third kappa shape index (κ3) is 3.80. The van der Waals surface area contributed by atoms with Crippen molar-refractivity contribution in [1.29, 1.82) is 5.26 Å². The van der Waals surface area contributed by atoms with Gasteiger partial charge in [-0.15, -0.1) is 6.58 Å². The largest absolute Gasteiger partial charge is 0.481 e. The van der Waals surface area contributed by atoms with Crippen LogP contribution in [0.5, 0.6) is 0 Å². The van der Waals surface area contributed by atoms with Gasteiger partial charge in [0.1, 0.15) is 12.7 Å².